The van der Waals surface area contributed by atoms with Crippen LogP contribution in [0.1, 0.15) is 0 Å². The number of nitrogen functional groups attached to an aromatic ring is 1. The van der Waals surface area contributed by atoms with E-state index in [1.165, 1.54) is 0 Å². The Hall–Kier alpha value is -0.710. The highest BCUT2D eigenvalue weighted by Crippen LogP contribution is 2.28. The summed E-state index contributed by atoms with van der Waals surface area (Å²) >= 11 is 5.38. The van der Waals surface area contributed by atoms with Crippen molar-refractivity contribution in [2.45, 2.75) is 0 Å². The zero-order chi connectivity index (χ0) is 8.43. The van der Waals surface area contributed by atoms with Crippen LogP contribution in [0.5, 0.6) is 5.75 Å². The summed E-state index contributed by atoms with van der Waals surface area (Å²) in [6.45, 7) is 0. The zero-order valence-electron chi connectivity index (χ0n) is 5.84. The molecule has 0 aliphatic rings. The summed E-state index contributed by atoms with van der Waals surface area (Å²) in [5.74, 6) is 4.12. The fourth-order valence-electron chi connectivity index (χ4n) is 0.648. The van der Waals surface area contributed by atoms with E-state index in [9.17, 15) is 4.39 Å². The van der Waals surface area contributed by atoms with Gasteiger partial charge in [0, 0.05) is 6.07 Å². The zero-order valence-corrected chi connectivity index (χ0v) is 7.42. The molecule has 0 aliphatic heterocycles. The molecule has 0 saturated heterocycles. The molecule has 1 aromatic rings. The molecule has 0 aromatic heterocycles. The minimum atomic E-state index is -0.602. The number of nitrogens with two attached hydrogens (primary N) is 1. The van der Waals surface area contributed by atoms with Crippen molar-refractivity contribution in [1.82, 2.24) is 0 Å². The number of hydrazine groups is 1. The topological polar surface area (TPSA) is 58.3 Å². The van der Waals surface area contributed by atoms with E-state index >= 15 is 0 Å². The molecule has 0 heterocycles. The molecule has 0 amide bonds. The predicted octanol–water partition coefficient (Wildman–Crippen LogP) is 1.89. The van der Waals surface area contributed by atoms with Gasteiger partial charge in [0.15, 0.2) is 0 Å². The summed E-state index contributed by atoms with van der Waals surface area (Å²) in [4.78, 5) is 0. The number of benzene rings is 1. The second kappa shape index (κ2) is 4.35. The fraction of sp³-hybridized carbons (Fsp3) is 0. The van der Waals surface area contributed by atoms with Gasteiger partial charge in [0.1, 0.15) is 11.6 Å². The quantitative estimate of drug-likeness (QED) is 0.493. The van der Waals surface area contributed by atoms with Crippen molar-refractivity contribution in [1.29, 1.82) is 0 Å². The molecular formula is C6H7Cl2FN2O. The van der Waals surface area contributed by atoms with Gasteiger partial charge in [0.25, 0.3) is 0 Å². The molecule has 0 spiro atoms. The van der Waals surface area contributed by atoms with Crippen molar-refractivity contribution >= 4 is 29.7 Å². The van der Waals surface area contributed by atoms with E-state index in [-0.39, 0.29) is 28.9 Å². The summed E-state index contributed by atoms with van der Waals surface area (Å²) in [6, 6.07) is 2.09. The molecule has 6 heteroatoms. The minimum Gasteiger partial charge on any atom is -0.506 e. The summed E-state index contributed by atoms with van der Waals surface area (Å²) < 4.78 is 12.7. The van der Waals surface area contributed by atoms with Gasteiger partial charge in [-0.05, 0) is 6.07 Å². The van der Waals surface area contributed by atoms with Crippen LogP contribution in [0, 0.1) is 5.82 Å². The number of hydrogen-bond acceptors (Lipinski definition) is 3. The Labute approximate surface area is 79.7 Å². The van der Waals surface area contributed by atoms with E-state index in [4.69, 9.17) is 22.6 Å². The van der Waals surface area contributed by atoms with Gasteiger partial charge in [-0.1, -0.05) is 11.6 Å². The van der Waals surface area contributed by atoms with Gasteiger partial charge in [0.2, 0.25) is 0 Å². The smallest absolute Gasteiger partial charge is 0.149 e. The average Bonchev–Trinajstić information content (AvgIpc) is 1.97. The van der Waals surface area contributed by atoms with Crippen LogP contribution in [0.4, 0.5) is 10.1 Å². The molecule has 0 aliphatic carbocycles. The van der Waals surface area contributed by atoms with Crippen LogP contribution < -0.4 is 11.3 Å². The lowest BCUT2D eigenvalue weighted by Gasteiger charge is -2.02. The molecule has 0 fully saturated rings. The molecule has 4 N–H and O–H groups in total. The maximum atomic E-state index is 12.7. The van der Waals surface area contributed by atoms with Crippen LogP contribution in [-0.4, -0.2) is 5.11 Å². The van der Waals surface area contributed by atoms with Gasteiger partial charge >= 0.3 is 0 Å². The first-order valence-electron chi connectivity index (χ1n) is 2.79. The second-order valence-electron chi connectivity index (χ2n) is 1.93. The highest BCUT2D eigenvalue weighted by atomic mass is 35.5. The lowest BCUT2D eigenvalue weighted by molar-refractivity contribution is 0.474. The first-order chi connectivity index (χ1) is 5.15. The van der Waals surface area contributed by atoms with Crippen LogP contribution in [0.25, 0.3) is 0 Å². The van der Waals surface area contributed by atoms with Crippen molar-refractivity contribution in [3.63, 3.8) is 0 Å². The number of hydrogen-bond donors (Lipinski definition) is 3. The Balaban J connectivity index is 0.00000121. The first-order valence-corrected chi connectivity index (χ1v) is 3.17. The second-order valence-corrected chi connectivity index (χ2v) is 2.34. The summed E-state index contributed by atoms with van der Waals surface area (Å²) in [7, 11) is 0. The number of rotatable bonds is 1. The van der Waals surface area contributed by atoms with Gasteiger partial charge in [-0.15, -0.1) is 12.4 Å². The van der Waals surface area contributed by atoms with E-state index in [1.54, 1.807) is 0 Å². The molecule has 12 heavy (non-hydrogen) atoms. The number of phenolic OH excluding ortho intramolecular Hbond substituents is 1. The maximum Gasteiger partial charge on any atom is 0.149 e. The van der Waals surface area contributed by atoms with Gasteiger partial charge < -0.3 is 10.5 Å². The Morgan fingerprint density at radius 3 is 2.58 bits per heavy atom. The third-order valence-electron chi connectivity index (χ3n) is 1.19. The van der Waals surface area contributed by atoms with E-state index in [2.05, 4.69) is 5.43 Å². The summed E-state index contributed by atoms with van der Waals surface area (Å²) in [5, 5.41) is 8.92. The Morgan fingerprint density at radius 2 is 2.08 bits per heavy atom. The lowest BCUT2D eigenvalue weighted by Crippen LogP contribution is -2.08. The number of halogens is 3. The molecule has 0 radical (unpaired) electrons. The monoisotopic (exact) mass is 212 g/mol. The van der Waals surface area contributed by atoms with Gasteiger partial charge in [-0.2, -0.15) is 0 Å². The fourth-order valence-corrected chi connectivity index (χ4v) is 0.799. The highest BCUT2D eigenvalue weighted by Gasteiger charge is 2.05. The summed E-state index contributed by atoms with van der Waals surface area (Å²) in [5.41, 5.74) is 2.08. The van der Waals surface area contributed by atoms with E-state index in [0.29, 0.717) is 0 Å². The third kappa shape index (κ3) is 2.14. The number of nitrogens with one attached hydrogen (secondary N) is 1. The van der Waals surface area contributed by atoms with Gasteiger partial charge in [-0.25, -0.2) is 4.39 Å². The molecule has 3 nitrogen and oxygen atoms in total. The van der Waals surface area contributed by atoms with Crippen molar-refractivity contribution < 1.29 is 9.50 Å². The van der Waals surface area contributed by atoms with Crippen LogP contribution in [-0.2, 0) is 0 Å². The van der Waals surface area contributed by atoms with Gasteiger partial charge in [0.05, 0.1) is 10.7 Å². The van der Waals surface area contributed by atoms with Crippen molar-refractivity contribution in [3.8, 4) is 5.75 Å². The molecule has 1 aromatic carbocycles. The standard InChI is InChI=1S/C6H6ClFN2O.ClH/c7-3-1-4(8)5(10-9)2-6(3)11;/h1-2,10-11H,9H2;1H. The molecule has 0 saturated carbocycles. The average molecular weight is 213 g/mol. The lowest BCUT2D eigenvalue weighted by atomic mass is 10.3. The third-order valence-corrected chi connectivity index (χ3v) is 1.49. The normalized spacial score (nSPS) is 8.92. The number of phenols is 1. The highest BCUT2D eigenvalue weighted by molar-refractivity contribution is 6.32. The summed E-state index contributed by atoms with van der Waals surface area (Å²) in [6.07, 6.45) is 0. The molecule has 1 rings (SSSR count). The Kier molecular flexibility index (Phi) is 4.09. The predicted molar refractivity (Wildman–Crippen MR) is 48.1 cm³/mol. The van der Waals surface area contributed by atoms with Crippen molar-refractivity contribution in [2.75, 3.05) is 5.43 Å². The first kappa shape index (κ1) is 11.3. The minimum absolute atomic E-state index is 0. The molecule has 0 unspecified atom stereocenters. The van der Waals surface area contributed by atoms with E-state index in [0.717, 1.165) is 12.1 Å². The van der Waals surface area contributed by atoms with E-state index in [1.807, 2.05) is 0 Å². The van der Waals surface area contributed by atoms with Crippen LogP contribution in [0.3, 0.4) is 0 Å². The van der Waals surface area contributed by atoms with Crippen LogP contribution >= 0.6 is 24.0 Å². The SMILES string of the molecule is Cl.NNc1cc(O)c(Cl)cc1F. The van der Waals surface area contributed by atoms with Crippen LogP contribution in [0.2, 0.25) is 5.02 Å². The maximum absolute atomic E-state index is 12.7. The van der Waals surface area contributed by atoms with E-state index < -0.39 is 5.82 Å². The number of aromatic hydroxyl groups is 1. The number of anilines is 1. The molecular weight excluding hydrogens is 206 g/mol. The Morgan fingerprint density at radius 1 is 1.50 bits per heavy atom. The molecule has 0 atom stereocenters. The molecule has 68 valence electrons. The molecule has 0 bridgehead atoms. The Bertz CT molecular complexity index is 282. The largest absolute Gasteiger partial charge is 0.506 e. The van der Waals surface area contributed by atoms with Crippen molar-refractivity contribution in [2.24, 2.45) is 5.84 Å². The van der Waals surface area contributed by atoms with Gasteiger partial charge in [-0.3, -0.25) is 5.84 Å². The van der Waals surface area contributed by atoms with Crippen LogP contribution in [0.15, 0.2) is 12.1 Å². The van der Waals surface area contributed by atoms with Crippen molar-refractivity contribution in [3.05, 3.63) is 23.0 Å².